The molecule has 0 spiro atoms. The van der Waals surface area contributed by atoms with Gasteiger partial charge in [-0.15, -0.1) is 0 Å². The second-order valence-electron chi connectivity index (χ2n) is 2.17. The van der Waals surface area contributed by atoms with Gasteiger partial charge >= 0.3 is 0 Å². The lowest BCUT2D eigenvalue weighted by Gasteiger charge is -2.10. The number of benzene rings is 1. The maximum Gasteiger partial charge on any atom is 0.0364 e. The number of aryl methyl sites for hydroxylation is 1. The molecule has 0 atom stereocenters. The van der Waals surface area contributed by atoms with Gasteiger partial charge in [-0.05, 0) is 24.6 Å². The van der Waals surface area contributed by atoms with Crippen LogP contribution in [0.2, 0.25) is 0 Å². The highest BCUT2D eigenvalue weighted by Gasteiger charge is 1.91. The van der Waals surface area contributed by atoms with Crippen LogP contribution in [-0.4, -0.2) is 0 Å². The van der Waals surface area contributed by atoms with Crippen LogP contribution >= 0.6 is 0 Å². The van der Waals surface area contributed by atoms with Crippen molar-refractivity contribution >= 4 is 11.4 Å². The maximum absolute atomic E-state index is 10.1. The summed E-state index contributed by atoms with van der Waals surface area (Å²) in [6.45, 7) is 1.89. The van der Waals surface area contributed by atoms with E-state index in [2.05, 4.69) is 0 Å². The first-order chi connectivity index (χ1) is 4.74. The zero-order valence-corrected chi connectivity index (χ0v) is 5.72. The van der Waals surface area contributed by atoms with Gasteiger partial charge in [-0.1, -0.05) is 6.07 Å². The van der Waals surface area contributed by atoms with Gasteiger partial charge in [0.25, 0.3) is 0 Å². The molecule has 3 nitrogen and oxygen atoms in total. The minimum absolute atomic E-state index is 0.503. The zero-order valence-electron chi connectivity index (χ0n) is 5.72. The van der Waals surface area contributed by atoms with E-state index in [4.69, 9.17) is 5.73 Å². The molecule has 0 heterocycles. The summed E-state index contributed by atoms with van der Waals surface area (Å²) < 4.78 is 0. The first-order valence-electron chi connectivity index (χ1n) is 2.98. The predicted octanol–water partition coefficient (Wildman–Crippen LogP) is 1.49. The smallest absolute Gasteiger partial charge is 0.0364 e. The van der Waals surface area contributed by atoms with E-state index in [-0.39, 0.29) is 0 Å². The Kier molecular flexibility index (Phi) is 1.78. The summed E-state index contributed by atoms with van der Waals surface area (Å²) in [7, 11) is 0. The molecule has 0 aliphatic heterocycles. The lowest BCUT2D eigenvalue weighted by atomic mass is 10.2. The number of nitrogen functional groups attached to an aromatic ring is 1. The van der Waals surface area contributed by atoms with E-state index in [9.17, 15) is 5.21 Å². The molecule has 10 heavy (non-hydrogen) atoms. The molecule has 0 radical (unpaired) electrons. The fraction of sp³-hybridized carbons (Fsp3) is 0.143. The van der Waals surface area contributed by atoms with Gasteiger partial charge in [0.2, 0.25) is 0 Å². The maximum atomic E-state index is 10.1. The molecular weight excluding hydrogens is 128 g/mol. The Balaban J connectivity index is 3.04. The highest BCUT2D eigenvalue weighted by Crippen LogP contribution is 2.15. The number of nitrogens with one attached hydrogen (secondary N) is 1. The van der Waals surface area contributed by atoms with Crippen molar-refractivity contribution in [3.05, 3.63) is 29.0 Å². The van der Waals surface area contributed by atoms with Crippen LogP contribution in [0.1, 0.15) is 5.56 Å². The number of anilines is 2. The van der Waals surface area contributed by atoms with Crippen LogP contribution in [0.15, 0.2) is 18.2 Å². The van der Waals surface area contributed by atoms with Crippen LogP contribution in [0.25, 0.3) is 0 Å². The average Bonchev–Trinajstić information content (AvgIpc) is 1.95. The Morgan fingerprint density at radius 1 is 1.50 bits per heavy atom. The van der Waals surface area contributed by atoms with Crippen LogP contribution < -0.4 is 11.2 Å². The fourth-order valence-corrected chi connectivity index (χ4v) is 0.704. The molecule has 0 amide bonds. The van der Waals surface area contributed by atoms with Crippen molar-refractivity contribution < 1.29 is 0 Å². The molecule has 1 rings (SSSR count). The van der Waals surface area contributed by atoms with Crippen molar-refractivity contribution in [1.29, 1.82) is 0 Å². The van der Waals surface area contributed by atoms with Crippen LogP contribution in [0.4, 0.5) is 11.4 Å². The van der Waals surface area contributed by atoms with Gasteiger partial charge < -0.3 is 16.4 Å². The monoisotopic (exact) mass is 137 g/mol. The van der Waals surface area contributed by atoms with Crippen LogP contribution in [-0.2, 0) is 0 Å². The summed E-state index contributed by atoms with van der Waals surface area (Å²) in [5.74, 6) is 0. The molecule has 3 heteroatoms. The highest BCUT2D eigenvalue weighted by atomic mass is 16.5. The molecule has 0 saturated carbocycles. The molecule has 54 valence electrons. The van der Waals surface area contributed by atoms with Crippen LogP contribution in [0.5, 0.6) is 0 Å². The van der Waals surface area contributed by atoms with Gasteiger partial charge in [0, 0.05) is 11.4 Å². The Morgan fingerprint density at radius 2 is 2.20 bits per heavy atom. The van der Waals surface area contributed by atoms with Crippen molar-refractivity contribution in [2.24, 2.45) is 0 Å². The normalized spacial score (nSPS) is 9.40. The molecule has 0 bridgehead atoms. The largest absolute Gasteiger partial charge is 0.761 e. The molecule has 1 aromatic carbocycles. The molecule has 0 unspecified atom stereocenters. The molecule has 1 aromatic rings. The quantitative estimate of drug-likeness (QED) is 0.455. The summed E-state index contributed by atoms with van der Waals surface area (Å²) in [6.07, 6.45) is 0. The predicted molar refractivity (Wildman–Crippen MR) is 42.6 cm³/mol. The van der Waals surface area contributed by atoms with Crippen molar-refractivity contribution in [3.63, 3.8) is 0 Å². The molecule has 0 aromatic heterocycles. The number of hydrogen-bond donors (Lipinski definition) is 2. The SMILES string of the molecule is Cc1ccc(N[O-])cc1N. The number of rotatable bonds is 1. The van der Waals surface area contributed by atoms with E-state index < -0.39 is 0 Å². The van der Waals surface area contributed by atoms with E-state index in [1.54, 1.807) is 23.7 Å². The topological polar surface area (TPSA) is 61.1 Å². The number of hydrogen-bond acceptors (Lipinski definition) is 3. The summed E-state index contributed by atoms with van der Waals surface area (Å²) >= 11 is 0. The molecular formula is C7H9N2O-. The van der Waals surface area contributed by atoms with Gasteiger partial charge in [0.1, 0.15) is 0 Å². The van der Waals surface area contributed by atoms with Gasteiger partial charge in [0.15, 0.2) is 0 Å². The third-order valence-electron chi connectivity index (χ3n) is 1.40. The van der Waals surface area contributed by atoms with Crippen LogP contribution in [0, 0.1) is 12.1 Å². The Hall–Kier alpha value is -1.22. The Labute approximate surface area is 59.4 Å². The molecule has 0 aliphatic carbocycles. The van der Waals surface area contributed by atoms with E-state index in [1.807, 2.05) is 6.92 Å². The summed E-state index contributed by atoms with van der Waals surface area (Å²) in [4.78, 5) is 0. The van der Waals surface area contributed by atoms with Gasteiger partial charge in [-0.2, -0.15) is 0 Å². The highest BCUT2D eigenvalue weighted by molar-refractivity contribution is 5.58. The third kappa shape index (κ3) is 1.19. The second kappa shape index (κ2) is 2.58. The number of nitrogens with two attached hydrogens (primary N) is 1. The minimum Gasteiger partial charge on any atom is -0.761 e. The second-order valence-corrected chi connectivity index (χ2v) is 2.17. The standard InChI is InChI=1S/C7H9N2O/c1-5-2-3-6(9-10)4-7(5)8/h2-4,9H,8H2,1H3/q-1. The van der Waals surface area contributed by atoms with E-state index >= 15 is 0 Å². The third-order valence-corrected chi connectivity index (χ3v) is 1.40. The summed E-state index contributed by atoms with van der Waals surface area (Å²) in [5, 5.41) is 10.1. The Morgan fingerprint density at radius 3 is 2.70 bits per heavy atom. The molecule has 0 saturated heterocycles. The van der Waals surface area contributed by atoms with Crippen molar-refractivity contribution in [2.45, 2.75) is 6.92 Å². The Bertz CT molecular complexity index is 235. The minimum atomic E-state index is 0.503. The van der Waals surface area contributed by atoms with E-state index in [0.717, 1.165) is 5.56 Å². The van der Waals surface area contributed by atoms with Gasteiger partial charge in [0.05, 0.1) is 0 Å². The molecule has 0 aliphatic rings. The van der Waals surface area contributed by atoms with E-state index in [1.165, 1.54) is 0 Å². The first kappa shape index (κ1) is 6.89. The van der Waals surface area contributed by atoms with Gasteiger partial charge in [-0.3, -0.25) is 0 Å². The lowest BCUT2D eigenvalue weighted by Crippen LogP contribution is -1.91. The fourth-order valence-electron chi connectivity index (χ4n) is 0.704. The van der Waals surface area contributed by atoms with Crippen LogP contribution in [0.3, 0.4) is 0 Å². The van der Waals surface area contributed by atoms with Crippen molar-refractivity contribution in [2.75, 3.05) is 11.2 Å². The average molecular weight is 137 g/mol. The van der Waals surface area contributed by atoms with Crippen molar-refractivity contribution in [1.82, 2.24) is 0 Å². The molecule has 0 fully saturated rings. The summed E-state index contributed by atoms with van der Waals surface area (Å²) in [6, 6.07) is 5.11. The summed E-state index contributed by atoms with van der Waals surface area (Å²) in [5.41, 5.74) is 9.41. The zero-order chi connectivity index (χ0) is 7.56. The van der Waals surface area contributed by atoms with Gasteiger partial charge in [-0.25, -0.2) is 0 Å². The molecule has 3 N–H and O–H groups in total. The van der Waals surface area contributed by atoms with Crippen molar-refractivity contribution in [3.8, 4) is 0 Å². The van der Waals surface area contributed by atoms with E-state index in [0.29, 0.717) is 11.4 Å². The lowest BCUT2D eigenvalue weighted by molar-refractivity contribution is 1.46. The first-order valence-corrected chi connectivity index (χ1v) is 2.98.